The summed E-state index contributed by atoms with van der Waals surface area (Å²) >= 11 is 0. The van der Waals surface area contributed by atoms with Gasteiger partial charge in [0.15, 0.2) is 0 Å². The number of carbonyl (C=O) groups is 1. The minimum atomic E-state index is -4.45. The summed E-state index contributed by atoms with van der Waals surface area (Å²) in [4.78, 5) is 10.1. The van der Waals surface area contributed by atoms with Gasteiger partial charge < -0.3 is 4.18 Å². The van der Waals surface area contributed by atoms with Crippen LogP contribution in [0.15, 0.2) is 29.2 Å². The molecule has 0 bridgehead atoms. The van der Waals surface area contributed by atoms with Gasteiger partial charge >= 0.3 is 22.5 Å². The number of carbonyl (C=O) groups excluding carboxylic acids is 1. The number of alkyl halides is 2. The zero-order valence-electron chi connectivity index (χ0n) is 8.18. The molecule has 0 fully saturated rings. The molecule has 0 saturated carbocycles. The van der Waals surface area contributed by atoms with Crippen LogP contribution in [-0.4, -0.2) is 20.8 Å². The summed E-state index contributed by atoms with van der Waals surface area (Å²) in [5.74, 6) is -2.08. The number of rotatable bonds is 3. The van der Waals surface area contributed by atoms with Crippen molar-refractivity contribution in [3.05, 3.63) is 29.8 Å². The quantitative estimate of drug-likeness (QED) is 0.762. The SMILES string of the molecule is Cc1ccc(S(=O)(=O)OC(=O)C(F)F)cc1. The molecule has 0 aliphatic carbocycles. The molecule has 1 rings (SSSR count). The molecule has 0 atom stereocenters. The van der Waals surface area contributed by atoms with Crippen molar-refractivity contribution in [3.8, 4) is 0 Å². The maximum absolute atomic E-state index is 11.8. The second kappa shape index (κ2) is 4.56. The van der Waals surface area contributed by atoms with E-state index in [4.69, 9.17) is 0 Å². The summed E-state index contributed by atoms with van der Waals surface area (Å²) in [5, 5.41) is 0. The first kappa shape index (κ1) is 12.6. The van der Waals surface area contributed by atoms with Crippen LogP contribution in [0, 0.1) is 6.92 Å². The van der Waals surface area contributed by atoms with Gasteiger partial charge in [-0.1, -0.05) is 17.7 Å². The Bertz CT molecular complexity index is 479. The van der Waals surface area contributed by atoms with E-state index in [0.717, 1.165) is 5.56 Å². The molecule has 0 amide bonds. The molecule has 4 nitrogen and oxygen atoms in total. The molecule has 0 N–H and O–H groups in total. The second-order valence-corrected chi connectivity index (χ2v) is 4.52. The zero-order chi connectivity index (χ0) is 12.3. The van der Waals surface area contributed by atoms with E-state index < -0.39 is 22.5 Å². The highest BCUT2D eigenvalue weighted by atomic mass is 32.2. The van der Waals surface area contributed by atoms with Gasteiger partial charge in [-0.2, -0.15) is 17.2 Å². The van der Waals surface area contributed by atoms with Crippen LogP contribution in [0.1, 0.15) is 5.56 Å². The van der Waals surface area contributed by atoms with E-state index in [0.29, 0.717) is 0 Å². The second-order valence-electron chi connectivity index (χ2n) is 2.97. The van der Waals surface area contributed by atoms with Crippen LogP contribution in [0.25, 0.3) is 0 Å². The molecule has 0 unspecified atom stereocenters. The van der Waals surface area contributed by atoms with Crippen molar-refractivity contribution in [2.45, 2.75) is 18.2 Å². The fourth-order valence-corrected chi connectivity index (χ4v) is 1.75. The highest BCUT2D eigenvalue weighted by Gasteiger charge is 2.26. The third-order valence-corrected chi connectivity index (χ3v) is 2.91. The highest BCUT2D eigenvalue weighted by molar-refractivity contribution is 7.87. The first-order valence-electron chi connectivity index (χ1n) is 4.16. The number of aryl methyl sites for hydroxylation is 1. The van der Waals surface area contributed by atoms with E-state index in [-0.39, 0.29) is 4.90 Å². The molecule has 88 valence electrons. The Balaban J connectivity index is 2.95. The van der Waals surface area contributed by atoms with Crippen molar-refractivity contribution in [1.82, 2.24) is 0 Å². The largest absolute Gasteiger partial charge is 0.389 e. The molecular weight excluding hydrogens is 242 g/mol. The molecule has 1 aromatic rings. The fraction of sp³-hybridized carbons (Fsp3) is 0.222. The maximum Gasteiger partial charge on any atom is 0.389 e. The van der Waals surface area contributed by atoms with E-state index in [2.05, 4.69) is 4.18 Å². The molecule has 0 saturated heterocycles. The topological polar surface area (TPSA) is 60.4 Å². The molecule has 0 radical (unpaired) electrons. The predicted molar refractivity (Wildman–Crippen MR) is 50.5 cm³/mol. The van der Waals surface area contributed by atoms with Crippen LogP contribution in [-0.2, 0) is 19.1 Å². The van der Waals surface area contributed by atoms with Gasteiger partial charge in [0.25, 0.3) is 0 Å². The Morgan fingerprint density at radius 3 is 2.19 bits per heavy atom. The smallest absolute Gasteiger partial charge is 0.337 e. The minimum Gasteiger partial charge on any atom is -0.337 e. The minimum absolute atomic E-state index is 0.341. The number of hydrogen-bond acceptors (Lipinski definition) is 4. The molecule has 0 aromatic heterocycles. The number of halogens is 2. The van der Waals surface area contributed by atoms with E-state index in [9.17, 15) is 22.0 Å². The Kier molecular flexibility index (Phi) is 3.58. The average molecular weight is 250 g/mol. The monoisotopic (exact) mass is 250 g/mol. The van der Waals surface area contributed by atoms with E-state index >= 15 is 0 Å². The van der Waals surface area contributed by atoms with Crippen LogP contribution in [0.4, 0.5) is 8.78 Å². The first-order valence-corrected chi connectivity index (χ1v) is 5.57. The number of benzene rings is 1. The van der Waals surface area contributed by atoms with Gasteiger partial charge in [-0.05, 0) is 19.1 Å². The van der Waals surface area contributed by atoms with Gasteiger partial charge in [-0.25, -0.2) is 4.79 Å². The van der Waals surface area contributed by atoms with E-state index in [1.54, 1.807) is 6.92 Å². The van der Waals surface area contributed by atoms with Gasteiger partial charge in [-0.15, -0.1) is 0 Å². The van der Waals surface area contributed by atoms with Gasteiger partial charge in [-0.3, -0.25) is 0 Å². The molecule has 0 spiro atoms. The van der Waals surface area contributed by atoms with Gasteiger partial charge in [0.2, 0.25) is 0 Å². The Morgan fingerprint density at radius 1 is 1.25 bits per heavy atom. The Labute approximate surface area is 91.0 Å². The van der Waals surface area contributed by atoms with Gasteiger partial charge in [0, 0.05) is 0 Å². The fourth-order valence-electron chi connectivity index (χ4n) is 0.898. The van der Waals surface area contributed by atoms with Crippen LogP contribution in [0.3, 0.4) is 0 Å². The Morgan fingerprint density at radius 2 is 1.75 bits per heavy atom. The van der Waals surface area contributed by atoms with Crippen LogP contribution < -0.4 is 0 Å². The average Bonchev–Trinajstić information content (AvgIpc) is 2.17. The summed E-state index contributed by atoms with van der Waals surface area (Å²) in [7, 11) is -4.45. The molecule has 0 aliphatic rings. The molecule has 16 heavy (non-hydrogen) atoms. The lowest BCUT2D eigenvalue weighted by atomic mass is 10.2. The lowest BCUT2D eigenvalue weighted by Crippen LogP contribution is -2.19. The van der Waals surface area contributed by atoms with Crippen molar-refractivity contribution in [2.24, 2.45) is 0 Å². The van der Waals surface area contributed by atoms with Gasteiger partial charge in [0.1, 0.15) is 4.90 Å². The van der Waals surface area contributed by atoms with Crippen molar-refractivity contribution in [3.63, 3.8) is 0 Å². The summed E-state index contributed by atoms with van der Waals surface area (Å²) in [6, 6.07) is 5.26. The number of hydrogen-bond donors (Lipinski definition) is 0. The molecular formula is C9H8F2O4S. The van der Waals surface area contributed by atoms with Crippen molar-refractivity contribution in [2.75, 3.05) is 0 Å². The first-order chi connectivity index (χ1) is 7.33. The van der Waals surface area contributed by atoms with Gasteiger partial charge in [0.05, 0.1) is 0 Å². The highest BCUT2D eigenvalue weighted by Crippen LogP contribution is 2.14. The van der Waals surface area contributed by atoms with Crippen molar-refractivity contribution < 1.29 is 26.2 Å². The van der Waals surface area contributed by atoms with Crippen LogP contribution >= 0.6 is 0 Å². The van der Waals surface area contributed by atoms with Crippen molar-refractivity contribution in [1.29, 1.82) is 0 Å². The lowest BCUT2D eigenvalue weighted by Gasteiger charge is -2.04. The zero-order valence-corrected chi connectivity index (χ0v) is 9.00. The standard InChI is InChI=1S/C9H8F2O4S/c1-6-2-4-7(5-3-6)16(13,14)15-9(12)8(10)11/h2-5,8H,1H3. The lowest BCUT2D eigenvalue weighted by molar-refractivity contribution is -0.145. The third kappa shape index (κ3) is 2.99. The summed E-state index contributed by atoms with van der Waals surface area (Å²) < 4.78 is 49.9. The summed E-state index contributed by atoms with van der Waals surface area (Å²) in [6.45, 7) is 1.72. The molecule has 7 heteroatoms. The molecule has 0 heterocycles. The normalized spacial score (nSPS) is 11.5. The summed E-state index contributed by atoms with van der Waals surface area (Å²) in [6.07, 6.45) is -3.47. The van der Waals surface area contributed by atoms with Crippen LogP contribution in [0.2, 0.25) is 0 Å². The van der Waals surface area contributed by atoms with Crippen LogP contribution in [0.5, 0.6) is 0 Å². The molecule has 1 aromatic carbocycles. The Hall–Kier alpha value is -1.50. The van der Waals surface area contributed by atoms with E-state index in [1.165, 1.54) is 24.3 Å². The maximum atomic E-state index is 11.8. The van der Waals surface area contributed by atoms with E-state index in [1.807, 2.05) is 0 Å². The van der Waals surface area contributed by atoms with Crippen molar-refractivity contribution >= 4 is 16.1 Å². The summed E-state index contributed by atoms with van der Waals surface area (Å²) in [5.41, 5.74) is 0.791. The third-order valence-electron chi connectivity index (χ3n) is 1.68. The predicted octanol–water partition coefficient (Wildman–Crippen LogP) is 1.49. The molecule has 0 aliphatic heterocycles.